The minimum atomic E-state index is -1.79. The molecule has 4 atom stereocenters. The van der Waals surface area contributed by atoms with Crippen LogP contribution in [0.5, 0.6) is 0 Å². The fourth-order valence-corrected chi connectivity index (χ4v) is 2.64. The molecule has 0 spiro atoms. The standard InChI is InChI=1S/C12H15FN4O4/c1-12(20)9(19)7(3-18)21-10(12)8-5(13)2-6-11(14)15-4-16-17(6)8/h2,4,7,9-10,18-20H,3H2,1H3,(H2,14,15,16). The zero-order valence-electron chi connectivity index (χ0n) is 11.1. The molecule has 1 aliphatic heterocycles. The number of hydrogen-bond donors (Lipinski definition) is 4. The van der Waals surface area contributed by atoms with Gasteiger partial charge in [0.05, 0.1) is 6.61 Å². The van der Waals surface area contributed by atoms with Gasteiger partial charge >= 0.3 is 0 Å². The van der Waals surface area contributed by atoms with Crippen molar-refractivity contribution in [2.75, 3.05) is 12.3 Å². The van der Waals surface area contributed by atoms with Crippen LogP contribution in [0.15, 0.2) is 12.4 Å². The molecule has 1 saturated heterocycles. The Labute approximate surface area is 118 Å². The topological polar surface area (TPSA) is 126 Å². The third-order valence-electron chi connectivity index (χ3n) is 3.81. The molecular formula is C12H15FN4O4. The van der Waals surface area contributed by atoms with Crippen molar-refractivity contribution in [3.8, 4) is 0 Å². The number of aliphatic hydroxyl groups is 3. The van der Waals surface area contributed by atoms with Crippen LogP contribution in [0.4, 0.5) is 10.2 Å². The van der Waals surface area contributed by atoms with Crippen molar-refractivity contribution in [3.05, 3.63) is 23.9 Å². The maximum absolute atomic E-state index is 14.3. The van der Waals surface area contributed by atoms with Crippen LogP contribution >= 0.6 is 0 Å². The summed E-state index contributed by atoms with van der Waals surface area (Å²) in [5.41, 5.74) is 4.01. The smallest absolute Gasteiger partial charge is 0.151 e. The number of anilines is 1. The number of fused-ring (bicyclic) bond motifs is 1. The Hall–Kier alpha value is -1.81. The van der Waals surface area contributed by atoms with Crippen LogP contribution in [0, 0.1) is 5.82 Å². The fourth-order valence-electron chi connectivity index (χ4n) is 2.64. The molecule has 9 heteroatoms. The van der Waals surface area contributed by atoms with Crippen LogP contribution in [-0.2, 0) is 4.74 Å². The van der Waals surface area contributed by atoms with Crippen LogP contribution in [0.2, 0.25) is 0 Å². The van der Waals surface area contributed by atoms with Gasteiger partial charge in [-0.05, 0) is 6.92 Å². The Morgan fingerprint density at radius 3 is 2.90 bits per heavy atom. The Kier molecular flexibility index (Phi) is 3.10. The summed E-state index contributed by atoms with van der Waals surface area (Å²) >= 11 is 0. The quantitative estimate of drug-likeness (QED) is 0.560. The number of halogens is 1. The van der Waals surface area contributed by atoms with Crippen LogP contribution in [0.3, 0.4) is 0 Å². The van der Waals surface area contributed by atoms with Gasteiger partial charge in [-0.25, -0.2) is 13.9 Å². The number of nitrogen functional groups attached to an aromatic ring is 1. The highest BCUT2D eigenvalue weighted by Crippen LogP contribution is 2.42. The number of aliphatic hydroxyl groups excluding tert-OH is 2. The first kappa shape index (κ1) is 14.1. The van der Waals surface area contributed by atoms with Crippen LogP contribution < -0.4 is 5.73 Å². The average Bonchev–Trinajstić information content (AvgIpc) is 2.87. The monoisotopic (exact) mass is 298 g/mol. The second kappa shape index (κ2) is 4.60. The van der Waals surface area contributed by atoms with E-state index in [-0.39, 0.29) is 17.0 Å². The van der Waals surface area contributed by atoms with Gasteiger partial charge in [-0.2, -0.15) is 5.10 Å². The molecule has 4 unspecified atom stereocenters. The van der Waals surface area contributed by atoms with Gasteiger partial charge in [-0.3, -0.25) is 0 Å². The number of nitrogens with zero attached hydrogens (tertiary/aromatic N) is 3. The molecule has 21 heavy (non-hydrogen) atoms. The summed E-state index contributed by atoms with van der Waals surface area (Å²) in [5, 5.41) is 33.5. The molecule has 114 valence electrons. The van der Waals surface area contributed by atoms with E-state index in [0.717, 1.165) is 12.4 Å². The van der Waals surface area contributed by atoms with E-state index in [0.29, 0.717) is 0 Å². The van der Waals surface area contributed by atoms with Gasteiger partial charge in [0, 0.05) is 6.07 Å². The lowest BCUT2D eigenvalue weighted by Crippen LogP contribution is -2.43. The van der Waals surface area contributed by atoms with Crippen LogP contribution in [0.25, 0.3) is 5.52 Å². The van der Waals surface area contributed by atoms with Gasteiger partial charge < -0.3 is 25.8 Å². The molecular weight excluding hydrogens is 283 g/mol. The molecule has 0 radical (unpaired) electrons. The number of ether oxygens (including phenoxy) is 1. The summed E-state index contributed by atoms with van der Waals surface area (Å²) in [7, 11) is 0. The van der Waals surface area contributed by atoms with Crippen molar-refractivity contribution in [2.45, 2.75) is 30.8 Å². The molecule has 2 aromatic heterocycles. The van der Waals surface area contributed by atoms with Crippen molar-refractivity contribution in [1.29, 1.82) is 0 Å². The highest BCUT2D eigenvalue weighted by molar-refractivity contribution is 5.65. The first-order valence-corrected chi connectivity index (χ1v) is 6.32. The lowest BCUT2D eigenvalue weighted by Gasteiger charge is -2.26. The summed E-state index contributed by atoms with van der Waals surface area (Å²) in [4.78, 5) is 3.76. The van der Waals surface area contributed by atoms with Crippen molar-refractivity contribution in [1.82, 2.24) is 14.6 Å². The van der Waals surface area contributed by atoms with Crippen molar-refractivity contribution >= 4 is 11.3 Å². The van der Waals surface area contributed by atoms with Gasteiger partial charge in [0.2, 0.25) is 0 Å². The summed E-state index contributed by atoms with van der Waals surface area (Å²) in [6.07, 6.45) is -2.44. The fraction of sp³-hybridized carbons (Fsp3) is 0.500. The SMILES string of the molecule is CC1(O)C(c2c(F)cc3c(N)ncnn23)OC(CO)C1O. The molecule has 8 nitrogen and oxygen atoms in total. The van der Waals surface area contributed by atoms with Gasteiger partial charge in [-0.1, -0.05) is 0 Å². The lowest BCUT2D eigenvalue weighted by atomic mass is 9.91. The van der Waals surface area contributed by atoms with Gasteiger partial charge in [0.1, 0.15) is 47.3 Å². The minimum Gasteiger partial charge on any atom is -0.394 e. The Bertz CT molecular complexity index is 689. The number of hydrogen-bond acceptors (Lipinski definition) is 7. The summed E-state index contributed by atoms with van der Waals surface area (Å²) < 4.78 is 20.8. The summed E-state index contributed by atoms with van der Waals surface area (Å²) in [6.45, 7) is 0.803. The zero-order valence-corrected chi connectivity index (χ0v) is 11.1. The van der Waals surface area contributed by atoms with E-state index in [4.69, 9.17) is 15.6 Å². The lowest BCUT2D eigenvalue weighted by molar-refractivity contribution is -0.0675. The second-order valence-electron chi connectivity index (χ2n) is 5.23. The normalized spacial score (nSPS) is 32.9. The van der Waals surface area contributed by atoms with E-state index in [1.807, 2.05) is 0 Å². The number of rotatable bonds is 2. The Balaban J connectivity index is 2.17. The average molecular weight is 298 g/mol. The van der Waals surface area contributed by atoms with E-state index >= 15 is 0 Å². The van der Waals surface area contributed by atoms with E-state index in [2.05, 4.69) is 10.1 Å². The molecule has 0 saturated carbocycles. The first-order valence-electron chi connectivity index (χ1n) is 6.32. The van der Waals surface area contributed by atoms with Crippen LogP contribution in [0.1, 0.15) is 18.7 Å². The Morgan fingerprint density at radius 1 is 1.57 bits per heavy atom. The van der Waals surface area contributed by atoms with E-state index < -0.39 is 36.3 Å². The molecule has 0 amide bonds. The van der Waals surface area contributed by atoms with Crippen molar-refractivity contribution in [2.24, 2.45) is 0 Å². The number of aromatic nitrogens is 3. The molecule has 0 aromatic carbocycles. The van der Waals surface area contributed by atoms with Gasteiger partial charge in [0.15, 0.2) is 5.82 Å². The van der Waals surface area contributed by atoms with Crippen molar-refractivity contribution < 1.29 is 24.4 Å². The molecule has 3 heterocycles. The maximum Gasteiger partial charge on any atom is 0.151 e. The molecule has 5 N–H and O–H groups in total. The first-order chi connectivity index (χ1) is 9.87. The minimum absolute atomic E-state index is 0.0760. The molecule has 0 aliphatic carbocycles. The third-order valence-corrected chi connectivity index (χ3v) is 3.81. The molecule has 3 rings (SSSR count). The highest BCUT2D eigenvalue weighted by atomic mass is 19.1. The van der Waals surface area contributed by atoms with E-state index in [1.165, 1.54) is 11.4 Å². The second-order valence-corrected chi connectivity index (χ2v) is 5.23. The predicted molar refractivity (Wildman–Crippen MR) is 68.7 cm³/mol. The van der Waals surface area contributed by atoms with E-state index in [1.54, 1.807) is 0 Å². The summed E-state index contributed by atoms with van der Waals surface area (Å²) in [5.74, 6) is -0.620. The van der Waals surface area contributed by atoms with Crippen molar-refractivity contribution in [3.63, 3.8) is 0 Å². The van der Waals surface area contributed by atoms with E-state index in [9.17, 15) is 14.6 Å². The largest absolute Gasteiger partial charge is 0.394 e. The molecule has 1 aliphatic rings. The molecule has 2 aromatic rings. The molecule has 1 fully saturated rings. The maximum atomic E-state index is 14.3. The zero-order chi connectivity index (χ0) is 15.4. The molecule has 0 bridgehead atoms. The number of nitrogens with two attached hydrogens (primary N) is 1. The Morgan fingerprint density at radius 2 is 2.29 bits per heavy atom. The van der Waals surface area contributed by atoms with Gasteiger partial charge in [0.25, 0.3) is 0 Å². The highest BCUT2D eigenvalue weighted by Gasteiger charge is 2.54. The van der Waals surface area contributed by atoms with Gasteiger partial charge in [-0.15, -0.1) is 0 Å². The summed E-state index contributed by atoms with van der Waals surface area (Å²) in [6, 6.07) is 1.13. The third kappa shape index (κ3) is 1.89. The predicted octanol–water partition coefficient (Wildman–Crippen LogP) is -1.01. The van der Waals surface area contributed by atoms with Crippen LogP contribution in [-0.4, -0.2) is 54.3 Å².